The van der Waals surface area contributed by atoms with Gasteiger partial charge in [0.2, 0.25) is 5.91 Å². The number of rotatable bonds is 5. The zero-order chi connectivity index (χ0) is 22.1. The van der Waals surface area contributed by atoms with Crippen molar-refractivity contribution in [2.24, 2.45) is 5.92 Å². The van der Waals surface area contributed by atoms with Gasteiger partial charge < -0.3 is 19.9 Å². The second-order valence-corrected chi connectivity index (χ2v) is 8.96. The molecule has 2 amide bonds. The molecule has 2 aliphatic rings. The Morgan fingerprint density at radius 3 is 2.74 bits per heavy atom. The number of H-pyrrole nitrogens is 1. The fourth-order valence-electron chi connectivity index (χ4n) is 4.96. The van der Waals surface area contributed by atoms with E-state index >= 15 is 0 Å². The number of imidazole rings is 1. The van der Waals surface area contributed by atoms with E-state index in [1.54, 1.807) is 0 Å². The molecular weight excluding hydrogens is 392 g/mol. The first-order valence-electron chi connectivity index (χ1n) is 11.2. The van der Waals surface area contributed by atoms with E-state index in [0.29, 0.717) is 6.54 Å². The van der Waals surface area contributed by atoms with E-state index in [0.717, 1.165) is 37.2 Å². The van der Waals surface area contributed by atoms with E-state index in [1.165, 1.54) is 35.8 Å². The lowest BCUT2D eigenvalue weighted by atomic mass is 9.97. The zero-order valence-electron chi connectivity index (χ0n) is 18.8. The van der Waals surface area contributed by atoms with Gasteiger partial charge in [-0.3, -0.25) is 4.79 Å². The van der Waals surface area contributed by atoms with Gasteiger partial charge in [-0.05, 0) is 61.6 Å². The molecule has 2 N–H and O–H groups in total. The molecule has 2 aromatic rings. The average Bonchev–Trinajstić information content (AvgIpc) is 3.51. The molecule has 7 heteroatoms. The maximum atomic E-state index is 13.3. The molecule has 0 radical (unpaired) electrons. The molecule has 1 fully saturated rings. The number of hydrogen-bond donors (Lipinski definition) is 2. The van der Waals surface area contributed by atoms with Crippen molar-refractivity contribution in [3.05, 3.63) is 40.8 Å². The van der Waals surface area contributed by atoms with Gasteiger partial charge >= 0.3 is 6.09 Å². The monoisotopic (exact) mass is 424 g/mol. The average molecular weight is 425 g/mol. The van der Waals surface area contributed by atoms with Crippen molar-refractivity contribution in [2.45, 2.75) is 65.0 Å². The second-order valence-electron chi connectivity index (χ2n) is 8.96. The Hall–Kier alpha value is -2.83. The molecule has 1 aliphatic heterocycles. The summed E-state index contributed by atoms with van der Waals surface area (Å²) in [6.45, 7) is 6.68. The van der Waals surface area contributed by atoms with E-state index in [-0.39, 0.29) is 17.9 Å². The van der Waals surface area contributed by atoms with Crippen molar-refractivity contribution in [1.29, 1.82) is 0 Å². The second kappa shape index (κ2) is 8.73. The number of likely N-dealkylation sites (tertiary alicyclic amines) is 1. The summed E-state index contributed by atoms with van der Waals surface area (Å²) in [6, 6.07) is 3.63. The minimum absolute atomic E-state index is 0.0462. The van der Waals surface area contributed by atoms with Crippen LogP contribution in [0.2, 0.25) is 0 Å². The molecular formula is C24H32N4O3. The van der Waals surface area contributed by atoms with Gasteiger partial charge in [-0.2, -0.15) is 0 Å². The number of fused-ring (bicyclic) bond motifs is 1. The highest BCUT2D eigenvalue weighted by molar-refractivity contribution is 5.86. The zero-order valence-corrected chi connectivity index (χ0v) is 18.8. The molecule has 1 saturated heterocycles. The van der Waals surface area contributed by atoms with Crippen molar-refractivity contribution < 1.29 is 14.3 Å². The molecule has 0 saturated carbocycles. The Morgan fingerprint density at radius 2 is 2.00 bits per heavy atom. The number of carbonyl (C=O) groups is 2. The van der Waals surface area contributed by atoms with Gasteiger partial charge in [0.15, 0.2) is 0 Å². The van der Waals surface area contributed by atoms with Crippen LogP contribution in [0, 0.1) is 12.8 Å². The van der Waals surface area contributed by atoms with Gasteiger partial charge in [-0.25, -0.2) is 9.78 Å². The van der Waals surface area contributed by atoms with Crippen LogP contribution in [0.5, 0.6) is 0 Å². The fraction of sp³-hybridized carbons (Fsp3) is 0.542. The summed E-state index contributed by atoms with van der Waals surface area (Å²) >= 11 is 0. The van der Waals surface area contributed by atoms with Crippen LogP contribution in [0.15, 0.2) is 18.3 Å². The van der Waals surface area contributed by atoms with Crippen molar-refractivity contribution in [3.63, 3.8) is 0 Å². The molecule has 166 valence electrons. The molecule has 1 aromatic carbocycles. The Kier molecular flexibility index (Phi) is 6.03. The van der Waals surface area contributed by atoms with Crippen LogP contribution in [-0.4, -0.2) is 46.6 Å². The number of aromatic amines is 1. The van der Waals surface area contributed by atoms with E-state index < -0.39 is 12.1 Å². The highest BCUT2D eigenvalue weighted by Crippen LogP contribution is 2.36. The van der Waals surface area contributed by atoms with Gasteiger partial charge in [-0.15, -0.1) is 0 Å². The molecule has 4 rings (SSSR count). The van der Waals surface area contributed by atoms with Crippen LogP contribution < -0.4 is 5.32 Å². The van der Waals surface area contributed by atoms with Gasteiger partial charge in [-0.1, -0.05) is 26.0 Å². The minimum Gasteiger partial charge on any atom is -0.453 e. The van der Waals surface area contributed by atoms with Crippen molar-refractivity contribution in [2.75, 3.05) is 13.7 Å². The third-order valence-electron chi connectivity index (χ3n) is 6.64. The maximum absolute atomic E-state index is 13.3. The van der Waals surface area contributed by atoms with Crippen LogP contribution in [0.3, 0.4) is 0 Å². The summed E-state index contributed by atoms with van der Waals surface area (Å²) in [5, 5.41) is 2.70. The third kappa shape index (κ3) is 4.05. The number of carbonyl (C=O) groups excluding carboxylic acids is 2. The summed E-state index contributed by atoms with van der Waals surface area (Å²) in [6.07, 6.45) is 6.57. The number of alkyl carbamates (subject to hydrolysis) is 1. The first kappa shape index (κ1) is 21.4. The number of amides is 2. The van der Waals surface area contributed by atoms with Crippen LogP contribution in [-0.2, 0) is 22.4 Å². The minimum atomic E-state index is -0.622. The molecule has 0 unspecified atom stereocenters. The smallest absolute Gasteiger partial charge is 0.407 e. The number of nitrogens with zero attached hydrogens (tertiary/aromatic N) is 2. The maximum Gasteiger partial charge on any atom is 0.407 e. The lowest BCUT2D eigenvalue weighted by Crippen LogP contribution is -2.51. The van der Waals surface area contributed by atoms with Crippen molar-refractivity contribution in [3.8, 4) is 11.3 Å². The highest BCUT2D eigenvalue weighted by Gasteiger charge is 2.37. The van der Waals surface area contributed by atoms with Crippen molar-refractivity contribution >= 4 is 12.0 Å². The lowest BCUT2D eigenvalue weighted by molar-refractivity contribution is -0.135. The Bertz CT molecular complexity index is 981. The molecule has 2 heterocycles. The standard InChI is InChI=1S/C24H32N4O3/c1-14(2)21(27-24(30)31-4)23(29)28-12-6-9-20(28)22-25-13-19(26-22)18-11-10-15(3)16-7-5-8-17(16)18/h10-11,13-14,20-21H,5-9,12H2,1-4H3,(H,25,26)(H,27,30)/t20-,21-/m0/s1. The van der Waals surface area contributed by atoms with Gasteiger partial charge in [0.05, 0.1) is 18.8 Å². The molecule has 0 spiro atoms. The van der Waals surface area contributed by atoms with Crippen LogP contribution >= 0.6 is 0 Å². The van der Waals surface area contributed by atoms with E-state index in [1.807, 2.05) is 24.9 Å². The number of aryl methyl sites for hydroxylation is 1. The highest BCUT2D eigenvalue weighted by atomic mass is 16.5. The largest absolute Gasteiger partial charge is 0.453 e. The molecule has 1 aromatic heterocycles. The fourth-order valence-corrected chi connectivity index (χ4v) is 4.96. The van der Waals surface area contributed by atoms with Crippen LogP contribution in [0.1, 0.15) is 61.7 Å². The first-order chi connectivity index (χ1) is 14.9. The first-order valence-corrected chi connectivity index (χ1v) is 11.2. The predicted octanol–water partition coefficient (Wildman–Crippen LogP) is 3.92. The van der Waals surface area contributed by atoms with Crippen LogP contribution in [0.4, 0.5) is 4.79 Å². The third-order valence-corrected chi connectivity index (χ3v) is 6.64. The number of nitrogens with one attached hydrogen (secondary N) is 2. The molecule has 1 aliphatic carbocycles. The van der Waals surface area contributed by atoms with Gasteiger partial charge in [0.25, 0.3) is 0 Å². The quantitative estimate of drug-likeness (QED) is 0.762. The van der Waals surface area contributed by atoms with Gasteiger partial charge in [0, 0.05) is 18.3 Å². The molecule has 7 nitrogen and oxygen atoms in total. The van der Waals surface area contributed by atoms with E-state index in [4.69, 9.17) is 9.72 Å². The summed E-state index contributed by atoms with van der Waals surface area (Å²) in [5.41, 5.74) is 6.38. The number of methoxy groups -OCH3 is 1. The Labute approximate surface area is 183 Å². The Morgan fingerprint density at radius 1 is 1.23 bits per heavy atom. The normalized spacial score (nSPS) is 18.9. The summed E-state index contributed by atoms with van der Waals surface area (Å²) in [5.74, 6) is 0.681. The van der Waals surface area contributed by atoms with Crippen LogP contribution in [0.25, 0.3) is 11.3 Å². The van der Waals surface area contributed by atoms with E-state index in [2.05, 4.69) is 29.4 Å². The lowest BCUT2D eigenvalue weighted by Gasteiger charge is -2.30. The predicted molar refractivity (Wildman–Crippen MR) is 119 cm³/mol. The Balaban J connectivity index is 1.58. The topological polar surface area (TPSA) is 87.3 Å². The molecule has 31 heavy (non-hydrogen) atoms. The summed E-state index contributed by atoms with van der Waals surface area (Å²) in [7, 11) is 1.31. The summed E-state index contributed by atoms with van der Waals surface area (Å²) < 4.78 is 4.71. The number of ether oxygens (including phenoxy) is 1. The SMILES string of the molecule is COC(=O)N[C@H](C(=O)N1CCC[C@H]1c1nc(-c2ccc(C)c3c2CCC3)c[nH]1)C(C)C. The number of benzene rings is 1. The van der Waals surface area contributed by atoms with Crippen molar-refractivity contribution in [1.82, 2.24) is 20.2 Å². The number of hydrogen-bond acceptors (Lipinski definition) is 4. The molecule has 2 atom stereocenters. The molecule has 0 bridgehead atoms. The van der Waals surface area contributed by atoms with Gasteiger partial charge in [0.1, 0.15) is 11.9 Å². The number of aromatic nitrogens is 2. The van der Waals surface area contributed by atoms with E-state index in [9.17, 15) is 9.59 Å². The summed E-state index contributed by atoms with van der Waals surface area (Å²) in [4.78, 5) is 35.2.